The van der Waals surface area contributed by atoms with Crippen molar-refractivity contribution in [1.82, 2.24) is 9.88 Å². The SMILES string of the molecule is O=C(O)CCC1CCN(C(=O)c2ccc3[nH]ccc3c2)C1. The average Bonchev–Trinajstić information content (AvgIpc) is 3.12. The molecule has 5 heteroatoms. The molecule has 5 nitrogen and oxygen atoms in total. The molecule has 1 aliphatic heterocycles. The fourth-order valence-corrected chi connectivity index (χ4v) is 2.95. The summed E-state index contributed by atoms with van der Waals surface area (Å²) in [7, 11) is 0. The lowest BCUT2D eigenvalue weighted by molar-refractivity contribution is -0.137. The molecular formula is C16H18N2O3. The van der Waals surface area contributed by atoms with Gasteiger partial charge in [0.2, 0.25) is 0 Å². The van der Waals surface area contributed by atoms with Crippen LogP contribution in [0, 0.1) is 5.92 Å². The molecule has 2 aromatic rings. The number of H-pyrrole nitrogens is 1. The van der Waals surface area contributed by atoms with Gasteiger partial charge in [-0.2, -0.15) is 0 Å². The third kappa shape index (κ3) is 2.91. The smallest absolute Gasteiger partial charge is 0.303 e. The largest absolute Gasteiger partial charge is 0.481 e. The Balaban J connectivity index is 1.66. The number of nitrogens with zero attached hydrogens (tertiary/aromatic N) is 1. The van der Waals surface area contributed by atoms with Crippen molar-refractivity contribution in [1.29, 1.82) is 0 Å². The maximum Gasteiger partial charge on any atom is 0.303 e. The zero-order valence-corrected chi connectivity index (χ0v) is 11.7. The number of carbonyl (C=O) groups excluding carboxylic acids is 1. The Morgan fingerprint density at radius 2 is 2.19 bits per heavy atom. The van der Waals surface area contributed by atoms with E-state index in [1.807, 2.05) is 35.4 Å². The predicted molar refractivity (Wildman–Crippen MR) is 79.2 cm³/mol. The minimum absolute atomic E-state index is 0.0379. The van der Waals surface area contributed by atoms with Crippen molar-refractivity contribution in [3.8, 4) is 0 Å². The summed E-state index contributed by atoms with van der Waals surface area (Å²) in [5.74, 6) is -0.422. The van der Waals surface area contributed by atoms with Gasteiger partial charge in [-0.15, -0.1) is 0 Å². The number of amides is 1. The zero-order chi connectivity index (χ0) is 14.8. The number of hydrogen-bond acceptors (Lipinski definition) is 2. The Morgan fingerprint density at radius 1 is 1.33 bits per heavy atom. The van der Waals surface area contributed by atoms with Crippen LogP contribution >= 0.6 is 0 Å². The Kier molecular flexibility index (Phi) is 3.64. The normalized spacial score (nSPS) is 18.3. The van der Waals surface area contributed by atoms with E-state index in [1.54, 1.807) is 0 Å². The molecule has 0 spiro atoms. The zero-order valence-electron chi connectivity index (χ0n) is 11.7. The van der Waals surface area contributed by atoms with E-state index in [0.717, 1.165) is 17.3 Å². The fraction of sp³-hybridized carbons (Fsp3) is 0.375. The van der Waals surface area contributed by atoms with Gasteiger partial charge in [0.15, 0.2) is 0 Å². The Labute approximate surface area is 122 Å². The lowest BCUT2D eigenvalue weighted by atomic mass is 10.0. The highest BCUT2D eigenvalue weighted by molar-refractivity contribution is 5.98. The number of carbonyl (C=O) groups is 2. The third-order valence-corrected chi connectivity index (χ3v) is 4.14. The molecular weight excluding hydrogens is 268 g/mol. The van der Waals surface area contributed by atoms with Crippen LogP contribution in [0.2, 0.25) is 0 Å². The van der Waals surface area contributed by atoms with Crippen LogP contribution in [0.15, 0.2) is 30.5 Å². The number of rotatable bonds is 4. The number of hydrogen-bond donors (Lipinski definition) is 2. The van der Waals surface area contributed by atoms with Gasteiger partial charge in [-0.05, 0) is 43.0 Å². The molecule has 1 aromatic heterocycles. The van der Waals surface area contributed by atoms with Crippen LogP contribution in [0.3, 0.4) is 0 Å². The van der Waals surface area contributed by atoms with E-state index in [0.29, 0.717) is 31.0 Å². The summed E-state index contributed by atoms with van der Waals surface area (Å²) in [6.07, 6.45) is 3.58. The maximum atomic E-state index is 12.5. The van der Waals surface area contributed by atoms with Crippen molar-refractivity contribution in [2.45, 2.75) is 19.3 Å². The molecule has 1 aromatic carbocycles. The second-order valence-electron chi connectivity index (χ2n) is 5.62. The van der Waals surface area contributed by atoms with E-state index < -0.39 is 5.97 Å². The van der Waals surface area contributed by atoms with E-state index >= 15 is 0 Å². The van der Waals surface area contributed by atoms with Crippen molar-refractivity contribution >= 4 is 22.8 Å². The second kappa shape index (κ2) is 5.60. The molecule has 0 aliphatic carbocycles. The van der Waals surface area contributed by atoms with Crippen molar-refractivity contribution < 1.29 is 14.7 Å². The molecule has 1 atom stereocenters. The molecule has 0 radical (unpaired) electrons. The molecule has 1 saturated heterocycles. The summed E-state index contributed by atoms with van der Waals surface area (Å²) in [6, 6.07) is 7.61. The van der Waals surface area contributed by atoms with Crippen LogP contribution in [0.5, 0.6) is 0 Å². The van der Waals surface area contributed by atoms with Gasteiger partial charge in [0, 0.05) is 42.2 Å². The van der Waals surface area contributed by atoms with Crippen molar-refractivity contribution in [2.24, 2.45) is 5.92 Å². The molecule has 110 valence electrons. The highest BCUT2D eigenvalue weighted by Gasteiger charge is 2.27. The van der Waals surface area contributed by atoms with E-state index in [1.165, 1.54) is 0 Å². The first-order valence-corrected chi connectivity index (χ1v) is 7.21. The number of aromatic nitrogens is 1. The monoisotopic (exact) mass is 286 g/mol. The van der Waals surface area contributed by atoms with Crippen LogP contribution in [-0.4, -0.2) is 40.0 Å². The first kappa shape index (κ1) is 13.7. The highest BCUT2D eigenvalue weighted by Crippen LogP contribution is 2.23. The summed E-state index contributed by atoms with van der Waals surface area (Å²) in [5, 5.41) is 9.75. The molecule has 0 saturated carbocycles. The summed E-state index contributed by atoms with van der Waals surface area (Å²) in [5.41, 5.74) is 1.72. The molecule has 1 aliphatic rings. The van der Waals surface area contributed by atoms with E-state index in [2.05, 4.69) is 4.98 Å². The fourth-order valence-electron chi connectivity index (χ4n) is 2.95. The molecule has 1 fully saturated rings. The summed E-state index contributed by atoms with van der Waals surface area (Å²) in [4.78, 5) is 28.0. The average molecular weight is 286 g/mol. The quantitative estimate of drug-likeness (QED) is 0.907. The topological polar surface area (TPSA) is 73.4 Å². The van der Waals surface area contributed by atoms with Crippen LogP contribution in [0.4, 0.5) is 0 Å². The number of aliphatic carboxylic acids is 1. The van der Waals surface area contributed by atoms with E-state index in [4.69, 9.17) is 5.11 Å². The van der Waals surface area contributed by atoms with Crippen molar-refractivity contribution in [3.63, 3.8) is 0 Å². The van der Waals surface area contributed by atoms with E-state index in [-0.39, 0.29) is 12.3 Å². The Morgan fingerprint density at radius 3 is 3.00 bits per heavy atom. The summed E-state index contributed by atoms with van der Waals surface area (Å²) >= 11 is 0. The standard InChI is InChI=1S/C16H18N2O3/c19-15(20)4-1-11-6-8-18(10-11)16(21)13-2-3-14-12(9-13)5-7-17-14/h2-3,5,7,9,11,17H,1,4,6,8,10H2,(H,19,20). The number of benzene rings is 1. The van der Waals surface area contributed by atoms with Gasteiger partial charge in [-0.1, -0.05) is 0 Å². The molecule has 2 heterocycles. The summed E-state index contributed by atoms with van der Waals surface area (Å²) < 4.78 is 0. The van der Waals surface area contributed by atoms with Gasteiger partial charge in [-0.3, -0.25) is 9.59 Å². The molecule has 3 rings (SSSR count). The van der Waals surface area contributed by atoms with Gasteiger partial charge < -0.3 is 15.0 Å². The Bertz CT molecular complexity index is 677. The number of carboxylic acids is 1. The van der Waals surface area contributed by atoms with Crippen LogP contribution < -0.4 is 0 Å². The third-order valence-electron chi connectivity index (χ3n) is 4.14. The first-order chi connectivity index (χ1) is 10.1. The number of likely N-dealkylation sites (tertiary alicyclic amines) is 1. The minimum Gasteiger partial charge on any atom is -0.481 e. The molecule has 2 N–H and O–H groups in total. The molecule has 0 bridgehead atoms. The molecule has 21 heavy (non-hydrogen) atoms. The van der Waals surface area contributed by atoms with Crippen LogP contribution in [0.25, 0.3) is 10.9 Å². The van der Waals surface area contributed by atoms with Crippen LogP contribution in [0.1, 0.15) is 29.6 Å². The molecule has 1 amide bonds. The van der Waals surface area contributed by atoms with Gasteiger partial charge in [-0.25, -0.2) is 0 Å². The second-order valence-corrected chi connectivity index (χ2v) is 5.62. The van der Waals surface area contributed by atoms with Crippen molar-refractivity contribution in [3.05, 3.63) is 36.0 Å². The Hall–Kier alpha value is -2.30. The summed E-state index contributed by atoms with van der Waals surface area (Å²) in [6.45, 7) is 1.38. The van der Waals surface area contributed by atoms with E-state index in [9.17, 15) is 9.59 Å². The van der Waals surface area contributed by atoms with Crippen LogP contribution in [-0.2, 0) is 4.79 Å². The number of nitrogens with one attached hydrogen (secondary N) is 1. The lowest BCUT2D eigenvalue weighted by Crippen LogP contribution is -2.28. The highest BCUT2D eigenvalue weighted by atomic mass is 16.4. The predicted octanol–water partition coefficient (Wildman–Crippen LogP) is 2.49. The minimum atomic E-state index is -0.766. The van der Waals surface area contributed by atoms with Gasteiger partial charge in [0.25, 0.3) is 5.91 Å². The lowest BCUT2D eigenvalue weighted by Gasteiger charge is -2.16. The van der Waals surface area contributed by atoms with Gasteiger partial charge in [0.1, 0.15) is 0 Å². The number of fused-ring (bicyclic) bond motifs is 1. The van der Waals surface area contributed by atoms with Gasteiger partial charge >= 0.3 is 5.97 Å². The number of carboxylic acid groups (broad SMARTS) is 1. The number of aromatic amines is 1. The van der Waals surface area contributed by atoms with Crippen molar-refractivity contribution in [2.75, 3.05) is 13.1 Å². The van der Waals surface area contributed by atoms with Gasteiger partial charge in [0.05, 0.1) is 0 Å². The maximum absolute atomic E-state index is 12.5. The first-order valence-electron chi connectivity index (χ1n) is 7.21. The molecule has 1 unspecified atom stereocenters.